The summed E-state index contributed by atoms with van der Waals surface area (Å²) < 4.78 is 0. The largest absolute Gasteiger partial charge is 0.337 e. The zero-order valence-corrected chi connectivity index (χ0v) is 10.7. The van der Waals surface area contributed by atoms with Crippen LogP contribution in [-0.2, 0) is 11.2 Å². The molecule has 5 nitrogen and oxygen atoms in total. The Balaban J connectivity index is 1.81. The molecule has 1 aromatic rings. The number of nitrogens with two attached hydrogens (primary N) is 1. The molecule has 1 saturated heterocycles. The number of benzene rings is 1. The Hall–Kier alpha value is -1.88. The number of amides is 2. The Morgan fingerprint density at radius 2 is 2.26 bits per heavy atom. The number of nitrogens with one attached hydrogen (secondary N) is 1. The Kier molecular flexibility index (Phi) is 2.98. The fourth-order valence-electron chi connectivity index (χ4n) is 2.74. The normalized spacial score (nSPS) is 22.1. The summed E-state index contributed by atoms with van der Waals surface area (Å²) in [5.74, 6) is -0.00288. The lowest BCUT2D eigenvalue weighted by Gasteiger charge is -2.30. The molecule has 1 aromatic carbocycles. The van der Waals surface area contributed by atoms with Gasteiger partial charge in [-0.2, -0.15) is 0 Å². The number of fused-ring (bicyclic) bond motifs is 1. The van der Waals surface area contributed by atoms with Crippen LogP contribution in [0.1, 0.15) is 28.8 Å². The van der Waals surface area contributed by atoms with Crippen molar-refractivity contribution in [3.8, 4) is 0 Å². The lowest BCUT2D eigenvalue weighted by Crippen LogP contribution is -2.45. The standard InChI is InChI=1S/C14H17N3O2/c15-11-2-1-5-17(8-11)14(19)9-3-4-12-10(6-9)7-13(18)16-12/h3-4,6,11H,1-2,5,7-8,15H2,(H,16,18)/t11-/m1/s1. The van der Waals surface area contributed by atoms with Crippen molar-refractivity contribution in [3.05, 3.63) is 29.3 Å². The molecule has 3 rings (SSSR count). The molecule has 3 N–H and O–H groups in total. The van der Waals surface area contributed by atoms with Crippen molar-refractivity contribution in [3.63, 3.8) is 0 Å². The van der Waals surface area contributed by atoms with E-state index < -0.39 is 0 Å². The molecule has 1 fully saturated rings. The molecule has 2 amide bonds. The molecule has 0 aromatic heterocycles. The third kappa shape index (κ3) is 2.33. The van der Waals surface area contributed by atoms with E-state index in [-0.39, 0.29) is 17.9 Å². The quantitative estimate of drug-likeness (QED) is 0.781. The van der Waals surface area contributed by atoms with Crippen molar-refractivity contribution in [2.75, 3.05) is 18.4 Å². The molecular weight excluding hydrogens is 242 g/mol. The molecule has 0 aliphatic carbocycles. The van der Waals surface area contributed by atoms with Crippen LogP contribution in [0.15, 0.2) is 18.2 Å². The van der Waals surface area contributed by atoms with Crippen LogP contribution in [0.3, 0.4) is 0 Å². The van der Waals surface area contributed by atoms with Crippen LogP contribution in [0.2, 0.25) is 0 Å². The first-order valence-corrected chi connectivity index (χ1v) is 6.61. The van der Waals surface area contributed by atoms with Gasteiger partial charge in [0, 0.05) is 30.4 Å². The fourth-order valence-corrected chi connectivity index (χ4v) is 2.74. The second kappa shape index (κ2) is 4.66. The first-order chi connectivity index (χ1) is 9.13. The average Bonchev–Trinajstić information content (AvgIpc) is 2.76. The number of nitrogens with zero attached hydrogens (tertiary/aromatic N) is 1. The Bertz CT molecular complexity index is 541. The molecule has 19 heavy (non-hydrogen) atoms. The highest BCUT2D eigenvalue weighted by molar-refractivity contribution is 6.01. The summed E-state index contributed by atoms with van der Waals surface area (Å²) in [5.41, 5.74) is 8.26. The predicted octanol–water partition coefficient (Wildman–Crippen LogP) is 0.744. The summed E-state index contributed by atoms with van der Waals surface area (Å²) in [4.78, 5) is 25.5. The minimum Gasteiger partial charge on any atom is -0.337 e. The molecule has 0 radical (unpaired) electrons. The second-order valence-electron chi connectivity index (χ2n) is 5.25. The van der Waals surface area contributed by atoms with Crippen molar-refractivity contribution >= 4 is 17.5 Å². The highest BCUT2D eigenvalue weighted by Gasteiger charge is 2.24. The van der Waals surface area contributed by atoms with E-state index in [4.69, 9.17) is 5.73 Å². The number of hydrogen-bond donors (Lipinski definition) is 2. The minimum absolute atomic E-state index is 0.0114. The third-order valence-corrected chi connectivity index (χ3v) is 3.72. The van der Waals surface area contributed by atoms with Crippen LogP contribution in [0.25, 0.3) is 0 Å². The van der Waals surface area contributed by atoms with Gasteiger partial charge in [0.2, 0.25) is 5.91 Å². The Labute approximate surface area is 111 Å². The summed E-state index contributed by atoms with van der Waals surface area (Å²) in [6, 6.07) is 5.47. The van der Waals surface area contributed by atoms with E-state index in [1.807, 2.05) is 6.07 Å². The van der Waals surface area contributed by atoms with E-state index in [2.05, 4.69) is 5.32 Å². The Morgan fingerprint density at radius 1 is 1.42 bits per heavy atom. The van der Waals surface area contributed by atoms with E-state index in [1.54, 1.807) is 17.0 Å². The third-order valence-electron chi connectivity index (χ3n) is 3.72. The maximum absolute atomic E-state index is 12.4. The number of carbonyl (C=O) groups excluding carboxylic acids is 2. The van der Waals surface area contributed by atoms with Gasteiger partial charge in [-0.25, -0.2) is 0 Å². The first-order valence-electron chi connectivity index (χ1n) is 6.61. The summed E-state index contributed by atoms with van der Waals surface area (Å²) >= 11 is 0. The smallest absolute Gasteiger partial charge is 0.253 e. The average molecular weight is 259 g/mol. The molecule has 0 unspecified atom stereocenters. The number of rotatable bonds is 1. The predicted molar refractivity (Wildman–Crippen MR) is 71.9 cm³/mol. The van der Waals surface area contributed by atoms with Crippen LogP contribution < -0.4 is 11.1 Å². The van der Waals surface area contributed by atoms with E-state index in [1.165, 1.54) is 0 Å². The number of likely N-dealkylation sites (tertiary alicyclic amines) is 1. The topological polar surface area (TPSA) is 75.4 Å². The van der Waals surface area contributed by atoms with Crippen LogP contribution >= 0.6 is 0 Å². The molecule has 0 spiro atoms. The van der Waals surface area contributed by atoms with E-state index in [0.29, 0.717) is 18.5 Å². The van der Waals surface area contributed by atoms with Gasteiger partial charge in [0.15, 0.2) is 0 Å². The van der Waals surface area contributed by atoms with Crippen molar-refractivity contribution in [1.82, 2.24) is 4.90 Å². The molecule has 2 heterocycles. The van der Waals surface area contributed by atoms with Gasteiger partial charge in [-0.05, 0) is 36.6 Å². The maximum Gasteiger partial charge on any atom is 0.253 e. The van der Waals surface area contributed by atoms with Crippen LogP contribution in [0.4, 0.5) is 5.69 Å². The highest BCUT2D eigenvalue weighted by atomic mass is 16.2. The molecule has 100 valence electrons. The number of hydrogen-bond acceptors (Lipinski definition) is 3. The Morgan fingerprint density at radius 3 is 3.05 bits per heavy atom. The van der Waals surface area contributed by atoms with Gasteiger partial charge in [-0.15, -0.1) is 0 Å². The van der Waals surface area contributed by atoms with Gasteiger partial charge in [0.25, 0.3) is 5.91 Å². The molecular formula is C14H17N3O2. The van der Waals surface area contributed by atoms with Crippen molar-refractivity contribution in [2.24, 2.45) is 5.73 Å². The first kappa shape index (κ1) is 12.2. The van der Waals surface area contributed by atoms with Gasteiger partial charge in [-0.1, -0.05) is 0 Å². The fraction of sp³-hybridized carbons (Fsp3) is 0.429. The van der Waals surface area contributed by atoms with Crippen molar-refractivity contribution in [2.45, 2.75) is 25.3 Å². The SMILES string of the molecule is N[C@@H]1CCCN(C(=O)c2ccc3c(c2)CC(=O)N3)C1. The van der Waals surface area contributed by atoms with Gasteiger partial charge in [-0.3, -0.25) is 9.59 Å². The number of carbonyl (C=O) groups is 2. The van der Waals surface area contributed by atoms with Gasteiger partial charge in [0.1, 0.15) is 0 Å². The second-order valence-corrected chi connectivity index (χ2v) is 5.25. The van der Waals surface area contributed by atoms with E-state index in [9.17, 15) is 9.59 Å². The summed E-state index contributed by atoms with van der Waals surface area (Å²) in [6.45, 7) is 1.38. The van der Waals surface area contributed by atoms with E-state index >= 15 is 0 Å². The molecule has 0 saturated carbocycles. The highest BCUT2D eigenvalue weighted by Crippen LogP contribution is 2.24. The molecule has 2 aliphatic heterocycles. The van der Waals surface area contributed by atoms with Crippen LogP contribution in [0.5, 0.6) is 0 Å². The van der Waals surface area contributed by atoms with E-state index in [0.717, 1.165) is 30.6 Å². The van der Waals surface area contributed by atoms with Crippen LogP contribution in [0, 0.1) is 0 Å². The van der Waals surface area contributed by atoms with Gasteiger partial charge in [0.05, 0.1) is 6.42 Å². The number of piperidine rings is 1. The minimum atomic E-state index is -0.0143. The van der Waals surface area contributed by atoms with Crippen molar-refractivity contribution < 1.29 is 9.59 Å². The zero-order valence-electron chi connectivity index (χ0n) is 10.7. The van der Waals surface area contributed by atoms with Crippen LogP contribution in [-0.4, -0.2) is 35.8 Å². The van der Waals surface area contributed by atoms with Gasteiger partial charge >= 0.3 is 0 Å². The number of anilines is 1. The van der Waals surface area contributed by atoms with Gasteiger partial charge < -0.3 is 16.0 Å². The summed E-state index contributed by atoms with van der Waals surface area (Å²) in [6.07, 6.45) is 2.29. The summed E-state index contributed by atoms with van der Waals surface area (Å²) in [5, 5.41) is 2.77. The molecule has 2 aliphatic rings. The molecule has 0 bridgehead atoms. The van der Waals surface area contributed by atoms with Crippen molar-refractivity contribution in [1.29, 1.82) is 0 Å². The maximum atomic E-state index is 12.4. The molecule has 5 heteroatoms. The monoisotopic (exact) mass is 259 g/mol. The molecule has 1 atom stereocenters. The lowest BCUT2D eigenvalue weighted by molar-refractivity contribution is -0.115. The zero-order chi connectivity index (χ0) is 13.4. The summed E-state index contributed by atoms with van der Waals surface area (Å²) in [7, 11) is 0. The lowest BCUT2D eigenvalue weighted by atomic mass is 10.0.